The van der Waals surface area contributed by atoms with Gasteiger partial charge in [0, 0.05) is 18.9 Å². The van der Waals surface area contributed by atoms with Crippen LogP contribution in [0.5, 0.6) is 0 Å². The molecule has 0 unspecified atom stereocenters. The van der Waals surface area contributed by atoms with Crippen LogP contribution in [0.2, 0.25) is 0 Å². The molecule has 1 rings (SSSR count). The molecular formula is C9H14N2O. The molecule has 3 heteroatoms. The molecule has 66 valence electrons. The highest BCUT2D eigenvalue weighted by Gasteiger charge is 2.00. The molecule has 0 bridgehead atoms. The van der Waals surface area contributed by atoms with Gasteiger partial charge in [0.2, 0.25) is 5.91 Å². The molecule has 0 aromatic carbocycles. The molecule has 3 nitrogen and oxygen atoms in total. The molecule has 1 aromatic rings. The highest BCUT2D eigenvalue weighted by molar-refractivity contribution is 5.78. The number of hydrogen-bond acceptors (Lipinski definition) is 1. The van der Waals surface area contributed by atoms with E-state index in [0.717, 1.165) is 18.5 Å². The van der Waals surface area contributed by atoms with E-state index in [9.17, 15) is 4.79 Å². The quantitative estimate of drug-likeness (QED) is 0.690. The number of H-pyrrole nitrogens is 1. The normalized spacial score (nSPS) is 9.75. The van der Waals surface area contributed by atoms with Gasteiger partial charge in [-0.25, -0.2) is 0 Å². The summed E-state index contributed by atoms with van der Waals surface area (Å²) in [7, 11) is 0. The molecular weight excluding hydrogens is 152 g/mol. The summed E-state index contributed by atoms with van der Waals surface area (Å²) in [6.07, 6.45) is 5.12. The van der Waals surface area contributed by atoms with Crippen molar-refractivity contribution in [3.05, 3.63) is 24.0 Å². The fourth-order valence-electron chi connectivity index (χ4n) is 0.981. The van der Waals surface area contributed by atoms with Crippen molar-refractivity contribution in [1.29, 1.82) is 0 Å². The number of carbonyl (C=O) groups is 1. The summed E-state index contributed by atoms with van der Waals surface area (Å²) in [6.45, 7) is 2.81. The Hall–Kier alpha value is -1.25. The molecule has 0 spiro atoms. The SMILES string of the molecule is CCCNC(=O)Cc1cc[nH]c1. The molecule has 2 N–H and O–H groups in total. The summed E-state index contributed by atoms with van der Waals surface area (Å²) in [4.78, 5) is 14.1. The monoisotopic (exact) mass is 166 g/mol. The van der Waals surface area contributed by atoms with Crippen molar-refractivity contribution in [2.75, 3.05) is 6.54 Å². The van der Waals surface area contributed by atoms with Crippen LogP contribution in [0.15, 0.2) is 18.5 Å². The Kier molecular flexibility index (Phi) is 3.38. The lowest BCUT2D eigenvalue weighted by molar-refractivity contribution is -0.120. The predicted molar refractivity (Wildman–Crippen MR) is 47.8 cm³/mol. The predicted octanol–water partition coefficient (Wildman–Crippen LogP) is 1.08. The number of aromatic amines is 1. The minimum Gasteiger partial charge on any atom is -0.367 e. The van der Waals surface area contributed by atoms with Crippen molar-refractivity contribution in [2.24, 2.45) is 0 Å². The number of amides is 1. The Morgan fingerprint density at radius 3 is 3.08 bits per heavy atom. The maximum Gasteiger partial charge on any atom is 0.224 e. The maximum absolute atomic E-state index is 11.1. The lowest BCUT2D eigenvalue weighted by atomic mass is 10.2. The van der Waals surface area contributed by atoms with Crippen LogP contribution >= 0.6 is 0 Å². The van der Waals surface area contributed by atoms with Crippen molar-refractivity contribution in [3.8, 4) is 0 Å². The second kappa shape index (κ2) is 4.59. The van der Waals surface area contributed by atoms with Gasteiger partial charge in [0.05, 0.1) is 6.42 Å². The van der Waals surface area contributed by atoms with Crippen molar-refractivity contribution >= 4 is 5.91 Å². The molecule has 1 amide bonds. The maximum atomic E-state index is 11.1. The third-order valence-electron chi connectivity index (χ3n) is 1.60. The largest absolute Gasteiger partial charge is 0.367 e. The van der Waals surface area contributed by atoms with Crippen LogP contribution in [0, 0.1) is 0 Å². The Morgan fingerprint density at radius 2 is 2.50 bits per heavy atom. The van der Waals surface area contributed by atoms with Gasteiger partial charge in [0.15, 0.2) is 0 Å². The van der Waals surface area contributed by atoms with Crippen LogP contribution in [-0.4, -0.2) is 17.4 Å². The first-order valence-electron chi connectivity index (χ1n) is 4.21. The van der Waals surface area contributed by atoms with Gasteiger partial charge in [-0.3, -0.25) is 4.79 Å². The van der Waals surface area contributed by atoms with Crippen molar-refractivity contribution in [3.63, 3.8) is 0 Å². The van der Waals surface area contributed by atoms with E-state index in [1.807, 2.05) is 25.4 Å². The van der Waals surface area contributed by atoms with Gasteiger partial charge in [-0.15, -0.1) is 0 Å². The van der Waals surface area contributed by atoms with Gasteiger partial charge >= 0.3 is 0 Å². The van der Waals surface area contributed by atoms with E-state index >= 15 is 0 Å². The van der Waals surface area contributed by atoms with Gasteiger partial charge < -0.3 is 10.3 Å². The molecule has 0 radical (unpaired) electrons. The third-order valence-corrected chi connectivity index (χ3v) is 1.60. The average molecular weight is 166 g/mol. The standard InChI is InChI=1S/C9H14N2O/c1-2-4-11-9(12)6-8-3-5-10-7-8/h3,5,7,10H,2,4,6H2,1H3,(H,11,12). The van der Waals surface area contributed by atoms with Crippen molar-refractivity contribution < 1.29 is 4.79 Å². The fraction of sp³-hybridized carbons (Fsp3) is 0.444. The Morgan fingerprint density at radius 1 is 1.67 bits per heavy atom. The summed E-state index contributed by atoms with van der Waals surface area (Å²) >= 11 is 0. The van der Waals surface area contributed by atoms with Crippen molar-refractivity contribution in [2.45, 2.75) is 19.8 Å². The molecule has 0 fully saturated rings. The third kappa shape index (κ3) is 2.78. The second-order valence-corrected chi connectivity index (χ2v) is 2.75. The number of rotatable bonds is 4. The van der Waals surface area contributed by atoms with E-state index in [-0.39, 0.29) is 5.91 Å². The van der Waals surface area contributed by atoms with E-state index in [4.69, 9.17) is 0 Å². The highest BCUT2D eigenvalue weighted by Crippen LogP contribution is 1.96. The number of hydrogen-bond donors (Lipinski definition) is 2. The summed E-state index contributed by atoms with van der Waals surface area (Å²) in [5.41, 5.74) is 1.03. The van der Waals surface area contributed by atoms with Gasteiger partial charge in [0.1, 0.15) is 0 Å². The van der Waals surface area contributed by atoms with Crippen LogP contribution in [0.4, 0.5) is 0 Å². The zero-order chi connectivity index (χ0) is 8.81. The molecule has 0 aliphatic rings. The minimum absolute atomic E-state index is 0.0939. The first kappa shape index (κ1) is 8.84. The first-order chi connectivity index (χ1) is 5.83. The Bertz CT molecular complexity index is 229. The van der Waals surface area contributed by atoms with Crippen LogP contribution < -0.4 is 5.32 Å². The minimum atomic E-state index is 0.0939. The summed E-state index contributed by atoms with van der Waals surface area (Å²) in [5, 5.41) is 2.82. The van der Waals surface area contributed by atoms with E-state index in [1.54, 1.807) is 0 Å². The van der Waals surface area contributed by atoms with Gasteiger partial charge in [0.25, 0.3) is 0 Å². The van der Waals surface area contributed by atoms with Crippen LogP contribution in [0.25, 0.3) is 0 Å². The topological polar surface area (TPSA) is 44.9 Å². The average Bonchev–Trinajstić information content (AvgIpc) is 2.53. The van der Waals surface area contributed by atoms with Crippen LogP contribution in [-0.2, 0) is 11.2 Å². The van der Waals surface area contributed by atoms with E-state index in [1.165, 1.54) is 0 Å². The molecule has 1 heterocycles. The summed E-state index contributed by atoms with van der Waals surface area (Å²) < 4.78 is 0. The molecule has 0 saturated heterocycles. The molecule has 0 saturated carbocycles. The van der Waals surface area contributed by atoms with E-state index < -0.39 is 0 Å². The first-order valence-corrected chi connectivity index (χ1v) is 4.21. The van der Waals surface area contributed by atoms with Gasteiger partial charge in [-0.1, -0.05) is 6.92 Å². The van der Waals surface area contributed by atoms with Crippen molar-refractivity contribution in [1.82, 2.24) is 10.3 Å². The molecule has 0 aliphatic carbocycles. The smallest absolute Gasteiger partial charge is 0.224 e. The lowest BCUT2D eigenvalue weighted by Gasteiger charge is -2.00. The summed E-state index contributed by atoms with van der Waals surface area (Å²) in [5.74, 6) is 0.0939. The number of nitrogens with one attached hydrogen (secondary N) is 2. The lowest BCUT2D eigenvalue weighted by Crippen LogP contribution is -2.25. The van der Waals surface area contributed by atoms with E-state index in [2.05, 4.69) is 10.3 Å². The van der Waals surface area contributed by atoms with Gasteiger partial charge in [-0.2, -0.15) is 0 Å². The highest BCUT2D eigenvalue weighted by atomic mass is 16.1. The Balaban J connectivity index is 2.27. The van der Waals surface area contributed by atoms with Crippen LogP contribution in [0.3, 0.4) is 0 Å². The second-order valence-electron chi connectivity index (χ2n) is 2.75. The summed E-state index contributed by atoms with van der Waals surface area (Å²) in [6, 6.07) is 1.91. The Labute approximate surface area is 72.2 Å². The number of aromatic nitrogens is 1. The zero-order valence-electron chi connectivity index (χ0n) is 7.26. The zero-order valence-corrected chi connectivity index (χ0v) is 7.26. The molecule has 0 aliphatic heterocycles. The van der Waals surface area contributed by atoms with Crippen LogP contribution in [0.1, 0.15) is 18.9 Å². The van der Waals surface area contributed by atoms with Gasteiger partial charge in [-0.05, 0) is 18.1 Å². The molecule has 12 heavy (non-hydrogen) atoms. The molecule has 1 aromatic heterocycles. The molecule has 0 atom stereocenters. The van der Waals surface area contributed by atoms with E-state index in [0.29, 0.717) is 6.42 Å². The number of carbonyl (C=O) groups excluding carboxylic acids is 1. The fourth-order valence-corrected chi connectivity index (χ4v) is 0.981.